The van der Waals surface area contributed by atoms with Crippen LogP contribution in [0, 0.1) is 6.92 Å². The standard InChI is InChI=1S/C19H21N3O3S/c1-13-6-8-14(9-7-13)19(2)17(24)22(18(25)20-19)12-16(23)21(3)11-15-5-4-10-26-15/h4-10H,11-12H2,1-3H3,(H,20,25)/t19-/m0/s1. The summed E-state index contributed by atoms with van der Waals surface area (Å²) in [6.45, 7) is 3.80. The largest absolute Gasteiger partial charge is 0.339 e. The molecule has 0 radical (unpaired) electrons. The van der Waals surface area contributed by atoms with Crippen LogP contribution in [0.3, 0.4) is 0 Å². The highest BCUT2D eigenvalue weighted by Crippen LogP contribution is 2.29. The lowest BCUT2D eigenvalue weighted by Gasteiger charge is -2.23. The fourth-order valence-electron chi connectivity index (χ4n) is 2.90. The van der Waals surface area contributed by atoms with Crippen LogP contribution in [-0.4, -0.2) is 41.2 Å². The molecule has 3 rings (SSSR count). The Bertz CT molecular complexity index is 832. The molecule has 136 valence electrons. The molecular formula is C19H21N3O3S. The van der Waals surface area contributed by atoms with Crippen LogP contribution >= 0.6 is 11.3 Å². The number of likely N-dealkylation sites (N-methyl/N-ethyl adjacent to an activating group) is 1. The molecule has 1 N–H and O–H groups in total. The number of nitrogens with one attached hydrogen (secondary N) is 1. The summed E-state index contributed by atoms with van der Waals surface area (Å²) >= 11 is 1.56. The molecule has 0 bridgehead atoms. The van der Waals surface area contributed by atoms with E-state index in [1.807, 2.05) is 48.7 Å². The smallest absolute Gasteiger partial charge is 0.325 e. The Kier molecular flexibility index (Phi) is 4.82. The Morgan fingerprint density at radius 3 is 2.54 bits per heavy atom. The highest BCUT2D eigenvalue weighted by atomic mass is 32.1. The Labute approximate surface area is 156 Å². The average molecular weight is 371 g/mol. The van der Waals surface area contributed by atoms with Crippen LogP contribution in [0.2, 0.25) is 0 Å². The molecule has 2 aromatic rings. The van der Waals surface area contributed by atoms with Crippen LogP contribution in [0.5, 0.6) is 0 Å². The van der Waals surface area contributed by atoms with Gasteiger partial charge in [-0.25, -0.2) is 4.79 Å². The van der Waals surface area contributed by atoms with Crippen molar-refractivity contribution >= 4 is 29.2 Å². The second-order valence-electron chi connectivity index (χ2n) is 6.64. The first-order valence-electron chi connectivity index (χ1n) is 8.29. The zero-order valence-electron chi connectivity index (χ0n) is 15.0. The van der Waals surface area contributed by atoms with E-state index < -0.39 is 17.5 Å². The minimum absolute atomic E-state index is 0.270. The molecule has 7 heteroatoms. The van der Waals surface area contributed by atoms with Crippen molar-refractivity contribution in [3.63, 3.8) is 0 Å². The molecule has 1 saturated heterocycles. The number of aryl methyl sites for hydroxylation is 1. The van der Waals surface area contributed by atoms with E-state index in [0.717, 1.165) is 15.3 Å². The highest BCUT2D eigenvalue weighted by molar-refractivity contribution is 7.09. The number of nitrogens with zero attached hydrogens (tertiary/aromatic N) is 2. The van der Waals surface area contributed by atoms with Gasteiger partial charge in [0.25, 0.3) is 5.91 Å². The van der Waals surface area contributed by atoms with E-state index in [4.69, 9.17) is 0 Å². The van der Waals surface area contributed by atoms with Crippen molar-refractivity contribution in [2.45, 2.75) is 25.9 Å². The van der Waals surface area contributed by atoms with Gasteiger partial charge >= 0.3 is 6.03 Å². The summed E-state index contributed by atoms with van der Waals surface area (Å²) in [6.07, 6.45) is 0. The number of carbonyl (C=O) groups is 3. The van der Waals surface area contributed by atoms with Gasteiger partial charge in [-0.3, -0.25) is 14.5 Å². The Balaban J connectivity index is 1.72. The summed E-state index contributed by atoms with van der Waals surface area (Å²) in [6, 6.07) is 10.7. The van der Waals surface area contributed by atoms with E-state index in [9.17, 15) is 14.4 Å². The third-order valence-electron chi connectivity index (χ3n) is 4.60. The average Bonchev–Trinajstić information content (AvgIpc) is 3.18. The molecule has 26 heavy (non-hydrogen) atoms. The molecular weight excluding hydrogens is 350 g/mol. The van der Waals surface area contributed by atoms with E-state index in [1.54, 1.807) is 25.3 Å². The van der Waals surface area contributed by atoms with Crippen LogP contribution < -0.4 is 5.32 Å². The molecule has 1 aromatic carbocycles. The minimum atomic E-state index is -1.16. The van der Waals surface area contributed by atoms with Crippen molar-refractivity contribution in [1.82, 2.24) is 15.1 Å². The van der Waals surface area contributed by atoms with Gasteiger partial charge in [-0.15, -0.1) is 11.3 Å². The zero-order chi connectivity index (χ0) is 18.9. The lowest BCUT2D eigenvalue weighted by molar-refractivity contribution is -0.138. The summed E-state index contributed by atoms with van der Waals surface area (Å²) < 4.78 is 0. The Morgan fingerprint density at radius 1 is 1.23 bits per heavy atom. The van der Waals surface area contributed by atoms with E-state index in [-0.39, 0.29) is 12.5 Å². The molecule has 1 aromatic heterocycles. The van der Waals surface area contributed by atoms with E-state index >= 15 is 0 Å². The number of hydrogen-bond donors (Lipinski definition) is 1. The van der Waals surface area contributed by atoms with Crippen LogP contribution in [0.4, 0.5) is 4.79 Å². The van der Waals surface area contributed by atoms with E-state index in [1.165, 1.54) is 4.90 Å². The third kappa shape index (κ3) is 3.35. The fourth-order valence-corrected chi connectivity index (χ4v) is 3.66. The van der Waals surface area contributed by atoms with Gasteiger partial charge in [0, 0.05) is 11.9 Å². The fraction of sp³-hybridized carbons (Fsp3) is 0.316. The van der Waals surface area contributed by atoms with Gasteiger partial charge in [-0.1, -0.05) is 35.9 Å². The monoisotopic (exact) mass is 371 g/mol. The van der Waals surface area contributed by atoms with Crippen molar-refractivity contribution in [3.8, 4) is 0 Å². The number of hydrogen-bond acceptors (Lipinski definition) is 4. The maximum absolute atomic E-state index is 12.9. The Hall–Kier alpha value is -2.67. The maximum atomic E-state index is 12.9. The van der Waals surface area contributed by atoms with Crippen molar-refractivity contribution < 1.29 is 14.4 Å². The number of rotatable bonds is 5. The number of benzene rings is 1. The first-order chi connectivity index (χ1) is 12.3. The topological polar surface area (TPSA) is 69.7 Å². The quantitative estimate of drug-likeness (QED) is 0.821. The van der Waals surface area contributed by atoms with Crippen molar-refractivity contribution in [2.75, 3.05) is 13.6 Å². The number of carbonyl (C=O) groups excluding carboxylic acids is 3. The van der Waals surface area contributed by atoms with Crippen LogP contribution in [0.25, 0.3) is 0 Å². The molecule has 4 amide bonds. The van der Waals surface area contributed by atoms with Gasteiger partial charge in [0.1, 0.15) is 12.1 Å². The Morgan fingerprint density at radius 2 is 1.92 bits per heavy atom. The highest BCUT2D eigenvalue weighted by Gasteiger charge is 2.49. The van der Waals surface area contributed by atoms with Crippen LogP contribution in [0.1, 0.15) is 22.9 Å². The van der Waals surface area contributed by atoms with Gasteiger partial charge < -0.3 is 10.2 Å². The lowest BCUT2D eigenvalue weighted by Crippen LogP contribution is -2.43. The number of amides is 4. The van der Waals surface area contributed by atoms with Crippen LogP contribution in [0.15, 0.2) is 41.8 Å². The molecule has 0 unspecified atom stereocenters. The molecule has 6 nitrogen and oxygen atoms in total. The normalized spacial score (nSPS) is 19.6. The van der Waals surface area contributed by atoms with Crippen molar-refractivity contribution in [3.05, 3.63) is 57.8 Å². The molecule has 0 aliphatic carbocycles. The van der Waals surface area contributed by atoms with Gasteiger partial charge in [0.05, 0.1) is 6.54 Å². The van der Waals surface area contributed by atoms with Gasteiger partial charge in [-0.2, -0.15) is 0 Å². The molecule has 1 aliphatic heterocycles. The first kappa shape index (κ1) is 18.1. The van der Waals surface area contributed by atoms with Crippen molar-refractivity contribution in [2.24, 2.45) is 0 Å². The predicted octanol–water partition coefficient (Wildman–Crippen LogP) is 2.48. The summed E-state index contributed by atoms with van der Waals surface area (Å²) in [4.78, 5) is 41.2. The van der Waals surface area contributed by atoms with E-state index in [2.05, 4.69) is 5.32 Å². The summed E-state index contributed by atoms with van der Waals surface area (Å²) in [7, 11) is 1.67. The third-order valence-corrected chi connectivity index (χ3v) is 5.46. The lowest BCUT2D eigenvalue weighted by atomic mass is 9.91. The molecule has 1 aliphatic rings. The van der Waals surface area contributed by atoms with Gasteiger partial charge in [0.2, 0.25) is 5.91 Å². The number of imide groups is 1. The van der Waals surface area contributed by atoms with Crippen molar-refractivity contribution in [1.29, 1.82) is 0 Å². The molecule has 1 atom stereocenters. The summed E-state index contributed by atoms with van der Waals surface area (Å²) in [5.41, 5.74) is 0.608. The summed E-state index contributed by atoms with van der Waals surface area (Å²) in [5.74, 6) is -0.695. The maximum Gasteiger partial charge on any atom is 0.325 e. The zero-order valence-corrected chi connectivity index (χ0v) is 15.8. The second kappa shape index (κ2) is 6.92. The molecule has 0 saturated carbocycles. The molecule has 0 spiro atoms. The number of thiophene rings is 1. The summed E-state index contributed by atoms with van der Waals surface area (Å²) in [5, 5.41) is 4.67. The van der Waals surface area contributed by atoms with E-state index in [0.29, 0.717) is 12.1 Å². The minimum Gasteiger partial charge on any atom is -0.339 e. The second-order valence-corrected chi connectivity index (χ2v) is 7.67. The van der Waals surface area contributed by atoms with Gasteiger partial charge in [0.15, 0.2) is 0 Å². The van der Waals surface area contributed by atoms with Gasteiger partial charge in [-0.05, 0) is 30.9 Å². The SMILES string of the molecule is Cc1ccc([C@]2(C)NC(=O)N(CC(=O)N(C)Cc3cccs3)C2=O)cc1. The predicted molar refractivity (Wildman–Crippen MR) is 99.6 cm³/mol. The molecule has 2 heterocycles. The number of urea groups is 1. The van der Waals surface area contributed by atoms with Crippen LogP contribution in [-0.2, 0) is 21.7 Å². The molecule has 1 fully saturated rings. The first-order valence-corrected chi connectivity index (χ1v) is 9.17.